The molecule has 3 nitrogen and oxygen atoms in total. The van der Waals surface area contributed by atoms with E-state index in [1.807, 2.05) is 51.6 Å². The van der Waals surface area contributed by atoms with Gasteiger partial charge in [-0.3, -0.25) is 0 Å². The molecule has 1 aromatic heterocycles. The predicted molar refractivity (Wildman–Crippen MR) is 99.1 cm³/mol. The van der Waals surface area contributed by atoms with E-state index in [9.17, 15) is 4.39 Å². The summed E-state index contributed by atoms with van der Waals surface area (Å²) in [6.45, 7) is 7.58. The van der Waals surface area contributed by atoms with E-state index >= 15 is 4.39 Å². The lowest BCUT2D eigenvalue weighted by Crippen LogP contribution is -2.41. The Morgan fingerprint density at radius 2 is 1.77 bits per heavy atom. The topological polar surface area (TPSA) is 23.4 Å². The van der Waals surface area contributed by atoms with E-state index in [2.05, 4.69) is 0 Å². The Morgan fingerprint density at radius 3 is 2.35 bits per heavy atom. The Balaban J connectivity index is 1.72. The van der Waals surface area contributed by atoms with E-state index in [-0.39, 0.29) is 5.82 Å². The van der Waals surface area contributed by atoms with Crippen molar-refractivity contribution in [3.8, 4) is 0 Å². The third kappa shape index (κ3) is 2.54. The fourth-order valence-electron chi connectivity index (χ4n) is 3.69. The molecule has 2 heterocycles. The van der Waals surface area contributed by atoms with Crippen molar-refractivity contribution >= 4 is 18.0 Å². The van der Waals surface area contributed by atoms with Crippen LogP contribution in [0.5, 0.6) is 0 Å². The molecule has 2 fully saturated rings. The van der Waals surface area contributed by atoms with Crippen LogP contribution in [-0.4, -0.2) is 22.9 Å². The number of aromatic nitrogens is 1. The first-order chi connectivity index (χ1) is 12.1. The number of allylic oxidation sites excluding steroid dienone is 1. The number of aryl methyl sites for hydroxylation is 1. The van der Waals surface area contributed by atoms with Crippen molar-refractivity contribution in [1.82, 2.24) is 4.57 Å². The highest BCUT2D eigenvalue weighted by molar-refractivity contribution is 6.53. The van der Waals surface area contributed by atoms with Crippen LogP contribution < -0.4 is 0 Å². The van der Waals surface area contributed by atoms with Crippen LogP contribution in [-0.2, 0) is 21.8 Å². The molecule has 0 bridgehead atoms. The van der Waals surface area contributed by atoms with Gasteiger partial charge in [0.25, 0.3) is 0 Å². The average molecular weight is 359 g/mol. The van der Waals surface area contributed by atoms with Gasteiger partial charge >= 0.3 is 7.12 Å². The van der Waals surface area contributed by atoms with Crippen molar-refractivity contribution in [3.63, 3.8) is 0 Å². The van der Waals surface area contributed by atoms with Gasteiger partial charge in [0.05, 0.1) is 16.7 Å². The Labute approximate surface area is 153 Å². The van der Waals surface area contributed by atoms with Crippen molar-refractivity contribution in [1.29, 1.82) is 0 Å². The number of rotatable bonds is 3. The summed E-state index contributed by atoms with van der Waals surface area (Å²) in [4.78, 5) is 0. The van der Waals surface area contributed by atoms with Crippen LogP contribution >= 0.6 is 0 Å². The van der Waals surface area contributed by atoms with Gasteiger partial charge in [-0.2, -0.15) is 0 Å². The number of hydrogen-bond acceptors (Lipinski definition) is 2. The molecule has 0 unspecified atom stereocenters. The fourth-order valence-corrected chi connectivity index (χ4v) is 3.69. The maximum absolute atomic E-state index is 15.0. The highest BCUT2D eigenvalue weighted by atomic mass is 19.1. The highest BCUT2D eigenvalue weighted by Gasteiger charge is 2.54. The van der Waals surface area contributed by atoms with Crippen LogP contribution in [0.2, 0.25) is 0 Å². The maximum Gasteiger partial charge on any atom is 0.524 e. The molecule has 0 amide bonds. The van der Waals surface area contributed by atoms with Crippen molar-refractivity contribution in [2.45, 2.75) is 57.2 Å². The summed E-state index contributed by atoms with van der Waals surface area (Å²) in [5.74, 6) is -0.270. The fraction of sp³-hybridized carbons (Fsp3) is 0.500. The Hall–Kier alpha value is -1.66. The van der Waals surface area contributed by atoms with E-state index in [4.69, 9.17) is 9.31 Å². The third-order valence-electron chi connectivity index (χ3n) is 6.18. The predicted octanol–water partition coefficient (Wildman–Crippen LogP) is 4.83. The summed E-state index contributed by atoms with van der Waals surface area (Å²) in [6, 6.07) is 5.03. The zero-order chi connectivity index (χ0) is 18.9. The van der Waals surface area contributed by atoms with Gasteiger partial charge in [0, 0.05) is 24.0 Å². The van der Waals surface area contributed by atoms with Gasteiger partial charge in [-0.15, -0.1) is 0 Å². The summed E-state index contributed by atoms with van der Waals surface area (Å²) in [7, 11) is 0.868. The van der Waals surface area contributed by atoms with Gasteiger partial charge in [-0.25, -0.2) is 8.78 Å². The Morgan fingerprint density at radius 1 is 1.15 bits per heavy atom. The van der Waals surface area contributed by atoms with Gasteiger partial charge < -0.3 is 13.9 Å². The number of hydrogen-bond donors (Lipinski definition) is 0. The second kappa shape index (κ2) is 5.43. The van der Waals surface area contributed by atoms with E-state index < -0.39 is 29.5 Å². The molecule has 1 aliphatic carbocycles. The first kappa shape index (κ1) is 17.7. The molecule has 0 N–H and O–H groups in total. The zero-order valence-electron chi connectivity index (χ0n) is 15.9. The molecule has 0 radical (unpaired) electrons. The minimum absolute atomic E-state index is 0.270. The normalized spacial score (nSPS) is 23.7. The van der Waals surface area contributed by atoms with Gasteiger partial charge in [0.1, 0.15) is 11.5 Å². The molecular weight excluding hydrogens is 335 g/mol. The quantitative estimate of drug-likeness (QED) is 0.733. The number of halogens is 2. The lowest BCUT2D eigenvalue weighted by Gasteiger charge is -2.32. The van der Waals surface area contributed by atoms with Gasteiger partial charge in [0.15, 0.2) is 0 Å². The molecule has 4 rings (SSSR count). The molecule has 26 heavy (non-hydrogen) atoms. The van der Waals surface area contributed by atoms with Crippen LogP contribution in [0.3, 0.4) is 0 Å². The minimum Gasteiger partial charge on any atom is -0.398 e. The summed E-state index contributed by atoms with van der Waals surface area (Å²) < 4.78 is 43.0. The molecule has 1 saturated carbocycles. The first-order valence-corrected chi connectivity index (χ1v) is 9.04. The highest BCUT2D eigenvalue weighted by Crippen LogP contribution is 2.53. The summed E-state index contributed by atoms with van der Waals surface area (Å²) in [6.07, 6.45) is 5.06. The van der Waals surface area contributed by atoms with Crippen molar-refractivity contribution < 1.29 is 18.1 Å². The molecule has 1 aromatic carbocycles. The summed E-state index contributed by atoms with van der Waals surface area (Å²) in [5, 5.41) is 0.575. The molecule has 2 aliphatic rings. The van der Waals surface area contributed by atoms with Crippen LogP contribution in [0.4, 0.5) is 8.78 Å². The van der Waals surface area contributed by atoms with Crippen molar-refractivity contribution in [2.75, 3.05) is 0 Å². The van der Waals surface area contributed by atoms with Crippen molar-refractivity contribution in [2.24, 2.45) is 7.05 Å². The number of fused-ring (bicyclic) bond motifs is 1. The molecule has 6 heteroatoms. The second-order valence-corrected chi connectivity index (χ2v) is 8.56. The standard InChI is InChI=1S/C20H24BF2NO2/c1-18(2)19(3,4)26-21(25-18)16(23)11-20(9-10-20)13-12-24(5)15-8-6-7-14(22)17(13)15/h6-8,11-12H,9-10H2,1-5H3. The van der Waals surface area contributed by atoms with Crippen LogP contribution in [0, 0.1) is 5.82 Å². The van der Waals surface area contributed by atoms with Crippen LogP contribution in [0.25, 0.3) is 10.9 Å². The Bertz CT molecular complexity index is 896. The molecule has 0 atom stereocenters. The van der Waals surface area contributed by atoms with E-state index in [0.717, 1.165) is 23.9 Å². The smallest absolute Gasteiger partial charge is 0.398 e. The van der Waals surface area contributed by atoms with E-state index in [1.54, 1.807) is 12.1 Å². The SMILES string of the molecule is Cn1cc(C2(C=C(F)B3OC(C)(C)C(C)(C)O3)CC2)c2c(F)cccc21. The lowest BCUT2D eigenvalue weighted by molar-refractivity contribution is 0.00578. The van der Waals surface area contributed by atoms with Crippen LogP contribution in [0.15, 0.2) is 36.2 Å². The van der Waals surface area contributed by atoms with E-state index in [1.165, 1.54) is 6.07 Å². The summed E-state index contributed by atoms with van der Waals surface area (Å²) >= 11 is 0. The number of benzene rings is 1. The Kier molecular flexibility index (Phi) is 3.70. The van der Waals surface area contributed by atoms with E-state index in [0.29, 0.717) is 5.39 Å². The first-order valence-electron chi connectivity index (χ1n) is 9.04. The molecule has 2 aromatic rings. The average Bonchev–Trinajstić information content (AvgIpc) is 3.17. The third-order valence-corrected chi connectivity index (χ3v) is 6.18. The van der Waals surface area contributed by atoms with Crippen LogP contribution in [0.1, 0.15) is 46.1 Å². The zero-order valence-corrected chi connectivity index (χ0v) is 15.9. The van der Waals surface area contributed by atoms with Gasteiger partial charge in [0.2, 0.25) is 0 Å². The van der Waals surface area contributed by atoms with Crippen molar-refractivity contribution in [3.05, 3.63) is 47.6 Å². The lowest BCUT2D eigenvalue weighted by atomic mass is 9.83. The molecule has 0 spiro atoms. The summed E-state index contributed by atoms with van der Waals surface area (Å²) in [5.41, 5.74) is -0.462. The molecule has 1 saturated heterocycles. The largest absolute Gasteiger partial charge is 0.524 e. The maximum atomic E-state index is 15.0. The monoisotopic (exact) mass is 359 g/mol. The van der Waals surface area contributed by atoms with Gasteiger partial charge in [-0.1, -0.05) is 6.07 Å². The molecule has 138 valence electrons. The minimum atomic E-state index is -1.02. The molecule has 1 aliphatic heterocycles. The second-order valence-electron chi connectivity index (χ2n) is 8.56. The number of nitrogens with zero attached hydrogens (tertiary/aromatic N) is 1. The van der Waals surface area contributed by atoms with Gasteiger partial charge in [-0.05, 0) is 64.3 Å². The molecular formula is C20H24BF2NO2.